The Hall–Kier alpha value is -1.88. The average molecular weight is 303 g/mol. The van der Waals surface area contributed by atoms with Crippen LogP contribution in [0.3, 0.4) is 0 Å². The van der Waals surface area contributed by atoms with Crippen LogP contribution in [0.1, 0.15) is 24.8 Å². The number of aliphatic carboxylic acids is 1. The number of hydrogen-bond donors (Lipinski definition) is 2. The molecule has 1 amide bonds. The van der Waals surface area contributed by atoms with Gasteiger partial charge in [0, 0.05) is 17.2 Å². The molecule has 0 bridgehead atoms. The molecule has 4 nitrogen and oxygen atoms in total. The van der Waals surface area contributed by atoms with E-state index in [-0.39, 0.29) is 17.7 Å². The standard InChI is InChI=1S/C16H17NO3S/c18-15(10-5-6-11(7-10)16(19)20)17-8-12-9-21-14-4-2-1-3-13(12)14/h1-4,9-11H,5-8H2,(H,17,18)(H,19,20)/t10-,11+/m0/s1. The quantitative estimate of drug-likeness (QED) is 0.912. The van der Waals surface area contributed by atoms with Gasteiger partial charge in [-0.25, -0.2) is 0 Å². The molecule has 3 rings (SSSR count). The van der Waals surface area contributed by atoms with Gasteiger partial charge in [0.2, 0.25) is 5.91 Å². The number of rotatable bonds is 4. The topological polar surface area (TPSA) is 66.4 Å². The number of amides is 1. The molecule has 1 aromatic heterocycles. The highest BCUT2D eigenvalue weighted by Gasteiger charge is 2.33. The molecule has 2 atom stereocenters. The van der Waals surface area contributed by atoms with Crippen LogP contribution in [0.15, 0.2) is 29.6 Å². The van der Waals surface area contributed by atoms with Crippen molar-refractivity contribution in [1.29, 1.82) is 0 Å². The third-order valence-corrected chi connectivity index (χ3v) is 5.18. The molecule has 2 N–H and O–H groups in total. The zero-order chi connectivity index (χ0) is 14.8. The largest absolute Gasteiger partial charge is 0.481 e. The molecule has 0 radical (unpaired) electrons. The Balaban J connectivity index is 1.60. The van der Waals surface area contributed by atoms with E-state index in [0.717, 1.165) is 5.56 Å². The normalized spacial score (nSPS) is 21.5. The minimum atomic E-state index is -0.783. The molecule has 2 aromatic rings. The molecule has 0 aliphatic heterocycles. The number of nitrogens with one attached hydrogen (secondary N) is 1. The average Bonchev–Trinajstić information content (AvgIpc) is 3.12. The lowest BCUT2D eigenvalue weighted by Crippen LogP contribution is -2.29. The number of hydrogen-bond acceptors (Lipinski definition) is 3. The first-order valence-corrected chi connectivity index (χ1v) is 7.98. The minimum absolute atomic E-state index is 0.0194. The third-order valence-electron chi connectivity index (χ3n) is 4.17. The molecule has 5 heteroatoms. The fourth-order valence-corrected chi connectivity index (χ4v) is 3.90. The van der Waals surface area contributed by atoms with Gasteiger partial charge in [0.05, 0.1) is 5.92 Å². The maximum absolute atomic E-state index is 12.1. The summed E-state index contributed by atoms with van der Waals surface area (Å²) in [6.45, 7) is 0.511. The van der Waals surface area contributed by atoms with Crippen LogP contribution in [-0.2, 0) is 16.1 Å². The number of thiophene rings is 1. The van der Waals surface area contributed by atoms with Crippen molar-refractivity contribution in [3.63, 3.8) is 0 Å². The summed E-state index contributed by atoms with van der Waals surface area (Å²) in [5.74, 6) is -1.32. The summed E-state index contributed by atoms with van der Waals surface area (Å²) in [7, 11) is 0. The van der Waals surface area contributed by atoms with Crippen molar-refractivity contribution in [2.45, 2.75) is 25.8 Å². The van der Waals surface area contributed by atoms with E-state index in [1.165, 1.54) is 10.1 Å². The summed E-state index contributed by atoms with van der Waals surface area (Å²) in [6, 6.07) is 8.13. The highest BCUT2D eigenvalue weighted by Crippen LogP contribution is 2.31. The minimum Gasteiger partial charge on any atom is -0.481 e. The Bertz CT molecular complexity index is 679. The summed E-state index contributed by atoms with van der Waals surface area (Å²) in [5.41, 5.74) is 1.12. The van der Waals surface area contributed by atoms with E-state index < -0.39 is 5.97 Å². The first kappa shape index (κ1) is 14.1. The fourth-order valence-electron chi connectivity index (χ4n) is 2.94. The number of fused-ring (bicyclic) bond motifs is 1. The Morgan fingerprint density at radius 1 is 1.24 bits per heavy atom. The van der Waals surface area contributed by atoms with E-state index >= 15 is 0 Å². The van der Waals surface area contributed by atoms with Crippen molar-refractivity contribution in [3.05, 3.63) is 35.2 Å². The summed E-state index contributed by atoms with van der Waals surface area (Å²) >= 11 is 1.67. The van der Waals surface area contributed by atoms with Gasteiger partial charge in [-0.15, -0.1) is 11.3 Å². The fraction of sp³-hybridized carbons (Fsp3) is 0.375. The van der Waals surface area contributed by atoms with Gasteiger partial charge in [-0.05, 0) is 41.7 Å². The molecule has 21 heavy (non-hydrogen) atoms. The summed E-state index contributed by atoms with van der Waals surface area (Å²) < 4.78 is 1.22. The Labute approximate surface area is 126 Å². The third kappa shape index (κ3) is 2.93. The lowest BCUT2D eigenvalue weighted by atomic mass is 10.0. The smallest absolute Gasteiger partial charge is 0.306 e. The zero-order valence-electron chi connectivity index (χ0n) is 11.5. The lowest BCUT2D eigenvalue weighted by molar-refractivity contribution is -0.141. The number of carboxylic acids is 1. The molecule has 1 heterocycles. The van der Waals surface area contributed by atoms with Gasteiger partial charge in [-0.2, -0.15) is 0 Å². The van der Waals surface area contributed by atoms with Gasteiger partial charge in [0.15, 0.2) is 0 Å². The predicted molar refractivity (Wildman–Crippen MR) is 82.1 cm³/mol. The van der Waals surface area contributed by atoms with E-state index in [1.807, 2.05) is 12.1 Å². The van der Waals surface area contributed by atoms with E-state index in [9.17, 15) is 9.59 Å². The molecular weight excluding hydrogens is 286 g/mol. The van der Waals surface area contributed by atoms with Gasteiger partial charge < -0.3 is 10.4 Å². The molecule has 1 aliphatic rings. The first-order valence-electron chi connectivity index (χ1n) is 7.11. The van der Waals surface area contributed by atoms with Crippen molar-refractivity contribution in [2.75, 3.05) is 0 Å². The summed E-state index contributed by atoms with van der Waals surface area (Å²) in [5, 5.41) is 15.2. The lowest BCUT2D eigenvalue weighted by Gasteiger charge is -2.10. The summed E-state index contributed by atoms with van der Waals surface area (Å²) in [4.78, 5) is 23.1. The molecule has 0 unspecified atom stereocenters. The monoisotopic (exact) mass is 303 g/mol. The molecule has 1 saturated carbocycles. The number of carbonyl (C=O) groups is 2. The molecule has 0 saturated heterocycles. The van der Waals surface area contributed by atoms with Crippen LogP contribution in [0.5, 0.6) is 0 Å². The Morgan fingerprint density at radius 2 is 2.00 bits per heavy atom. The van der Waals surface area contributed by atoms with Crippen LogP contribution in [-0.4, -0.2) is 17.0 Å². The van der Waals surface area contributed by atoms with Gasteiger partial charge in [0.1, 0.15) is 0 Å². The first-order chi connectivity index (χ1) is 10.1. The number of benzene rings is 1. The molecule has 1 fully saturated rings. The second-order valence-corrected chi connectivity index (χ2v) is 6.43. The van der Waals surface area contributed by atoms with Crippen molar-refractivity contribution in [3.8, 4) is 0 Å². The van der Waals surface area contributed by atoms with Gasteiger partial charge in [-0.1, -0.05) is 18.2 Å². The van der Waals surface area contributed by atoms with E-state index in [2.05, 4.69) is 22.8 Å². The van der Waals surface area contributed by atoms with Crippen LogP contribution in [0, 0.1) is 11.8 Å². The van der Waals surface area contributed by atoms with E-state index in [0.29, 0.717) is 25.8 Å². The zero-order valence-corrected chi connectivity index (χ0v) is 12.4. The van der Waals surface area contributed by atoms with Crippen LogP contribution in [0.25, 0.3) is 10.1 Å². The molecule has 1 aromatic carbocycles. The molecule has 0 spiro atoms. The Morgan fingerprint density at radius 3 is 2.76 bits per heavy atom. The van der Waals surface area contributed by atoms with Gasteiger partial charge in [0.25, 0.3) is 0 Å². The predicted octanol–water partition coefficient (Wildman–Crippen LogP) is 3.02. The molecule has 1 aliphatic carbocycles. The van der Waals surface area contributed by atoms with Gasteiger partial charge in [-0.3, -0.25) is 9.59 Å². The number of carbonyl (C=O) groups excluding carboxylic acids is 1. The van der Waals surface area contributed by atoms with Crippen molar-refractivity contribution < 1.29 is 14.7 Å². The van der Waals surface area contributed by atoms with Crippen LogP contribution in [0.4, 0.5) is 0 Å². The second kappa shape index (κ2) is 5.85. The maximum Gasteiger partial charge on any atom is 0.306 e. The van der Waals surface area contributed by atoms with E-state index in [4.69, 9.17) is 5.11 Å². The van der Waals surface area contributed by atoms with Crippen molar-refractivity contribution in [1.82, 2.24) is 5.32 Å². The SMILES string of the molecule is O=C(O)[C@@H]1CC[C@H](C(=O)NCc2csc3ccccc23)C1. The maximum atomic E-state index is 12.1. The van der Waals surface area contributed by atoms with Crippen LogP contribution in [0.2, 0.25) is 0 Å². The van der Waals surface area contributed by atoms with E-state index in [1.54, 1.807) is 11.3 Å². The molecule has 110 valence electrons. The van der Waals surface area contributed by atoms with Crippen LogP contribution < -0.4 is 5.32 Å². The summed E-state index contributed by atoms with van der Waals surface area (Å²) in [6.07, 6.45) is 1.74. The van der Waals surface area contributed by atoms with Gasteiger partial charge >= 0.3 is 5.97 Å². The van der Waals surface area contributed by atoms with Crippen molar-refractivity contribution >= 4 is 33.3 Å². The van der Waals surface area contributed by atoms with Crippen LogP contribution >= 0.6 is 11.3 Å². The highest BCUT2D eigenvalue weighted by molar-refractivity contribution is 7.17. The second-order valence-electron chi connectivity index (χ2n) is 5.52. The number of carboxylic acid groups (broad SMARTS) is 1. The van der Waals surface area contributed by atoms with Crippen molar-refractivity contribution in [2.24, 2.45) is 11.8 Å². The Kier molecular flexibility index (Phi) is 3.92. The highest BCUT2D eigenvalue weighted by atomic mass is 32.1. The molecular formula is C16H17NO3S.